The van der Waals surface area contributed by atoms with Gasteiger partial charge in [0, 0.05) is 12.3 Å². The molecule has 0 aliphatic heterocycles. The molecule has 0 aromatic carbocycles. The van der Waals surface area contributed by atoms with E-state index < -0.39 is 8.07 Å². The number of hydrogen-bond donors (Lipinski definition) is 0. The van der Waals surface area contributed by atoms with E-state index in [9.17, 15) is 0 Å². The van der Waals surface area contributed by atoms with Crippen molar-refractivity contribution in [1.82, 2.24) is 4.98 Å². The second-order valence-electron chi connectivity index (χ2n) is 5.60. The molecule has 0 N–H and O–H groups in total. The zero-order valence-corrected chi connectivity index (χ0v) is 13.4. The van der Waals surface area contributed by atoms with E-state index in [1.807, 2.05) is 12.3 Å². The molecule has 1 heterocycles. The Kier molecular flexibility index (Phi) is 4.33. The molecule has 1 aromatic heterocycles. The van der Waals surface area contributed by atoms with Crippen LogP contribution in [-0.4, -0.2) is 17.6 Å². The van der Waals surface area contributed by atoms with E-state index in [1.165, 1.54) is 5.19 Å². The minimum atomic E-state index is -1.53. The van der Waals surface area contributed by atoms with E-state index in [0.29, 0.717) is 10.9 Å². The van der Waals surface area contributed by atoms with Gasteiger partial charge in [-0.3, -0.25) is 0 Å². The Labute approximate surface area is 114 Å². The van der Waals surface area contributed by atoms with Crippen LogP contribution in [0.3, 0.4) is 0 Å². The molecular formula is C12H18ClNOSSi. The van der Waals surface area contributed by atoms with Crippen molar-refractivity contribution in [1.29, 1.82) is 0 Å². The molecule has 1 rings (SSSR count). The molecule has 0 radical (unpaired) electrons. The van der Waals surface area contributed by atoms with Crippen molar-refractivity contribution >= 4 is 41.6 Å². The lowest BCUT2D eigenvalue weighted by atomic mass is 10.2. The molecular weight excluding hydrogens is 270 g/mol. The molecule has 17 heavy (non-hydrogen) atoms. The lowest BCUT2D eigenvalue weighted by molar-refractivity contribution is 0.552. The van der Waals surface area contributed by atoms with E-state index in [2.05, 4.69) is 57.1 Å². The quantitative estimate of drug-likeness (QED) is 0.470. The Balaban J connectivity index is 2.99. The number of pyridine rings is 1. The Morgan fingerprint density at radius 2 is 1.94 bits per heavy atom. The summed E-state index contributed by atoms with van der Waals surface area (Å²) in [6.45, 7) is 11.5. The SMILES string of the molecule is CC(C)(C)[Si](C)(C)c1ccc(OC(=S)Cl)nc1. The van der Waals surface area contributed by atoms with Gasteiger partial charge in [0.05, 0.1) is 8.07 Å². The predicted octanol–water partition coefficient (Wildman–Crippen LogP) is 3.70. The van der Waals surface area contributed by atoms with E-state index in [1.54, 1.807) is 0 Å². The Bertz CT molecular complexity index is 412. The number of aromatic nitrogens is 1. The molecule has 0 aliphatic carbocycles. The van der Waals surface area contributed by atoms with Gasteiger partial charge >= 0.3 is 0 Å². The predicted molar refractivity (Wildman–Crippen MR) is 80.1 cm³/mol. The van der Waals surface area contributed by atoms with Crippen LogP contribution in [0.4, 0.5) is 0 Å². The minimum Gasteiger partial charge on any atom is -0.417 e. The number of nitrogens with zero attached hydrogens (tertiary/aromatic N) is 1. The van der Waals surface area contributed by atoms with Gasteiger partial charge in [-0.1, -0.05) is 39.9 Å². The molecule has 5 heteroatoms. The number of rotatable bonds is 2. The van der Waals surface area contributed by atoms with E-state index in [-0.39, 0.29) is 4.51 Å². The summed E-state index contributed by atoms with van der Waals surface area (Å²) >= 11 is 10.1. The van der Waals surface area contributed by atoms with Crippen LogP contribution < -0.4 is 9.92 Å². The van der Waals surface area contributed by atoms with Crippen LogP contribution in [0.25, 0.3) is 0 Å². The van der Waals surface area contributed by atoms with Crippen LogP contribution in [0.15, 0.2) is 18.3 Å². The highest BCUT2D eigenvalue weighted by Crippen LogP contribution is 2.35. The minimum absolute atomic E-state index is 0.0300. The molecule has 94 valence electrons. The maximum Gasteiger partial charge on any atom is 0.262 e. The second-order valence-corrected chi connectivity index (χ2v) is 11.9. The first kappa shape index (κ1) is 14.6. The zero-order valence-electron chi connectivity index (χ0n) is 10.9. The Morgan fingerprint density at radius 1 is 1.35 bits per heavy atom. The van der Waals surface area contributed by atoms with Crippen molar-refractivity contribution in [2.24, 2.45) is 0 Å². The third kappa shape index (κ3) is 3.50. The van der Waals surface area contributed by atoms with Crippen LogP contribution in [0.5, 0.6) is 5.88 Å². The maximum absolute atomic E-state index is 5.49. The number of ether oxygens (including phenoxy) is 1. The molecule has 1 aromatic rings. The van der Waals surface area contributed by atoms with Crippen molar-refractivity contribution in [3.8, 4) is 5.88 Å². The van der Waals surface area contributed by atoms with E-state index in [0.717, 1.165) is 0 Å². The summed E-state index contributed by atoms with van der Waals surface area (Å²) in [5.41, 5.74) is 0. The highest BCUT2D eigenvalue weighted by atomic mass is 35.5. The molecule has 0 spiro atoms. The van der Waals surface area contributed by atoms with Crippen molar-refractivity contribution in [2.45, 2.75) is 38.9 Å². The highest BCUT2D eigenvalue weighted by molar-refractivity contribution is 7.82. The van der Waals surface area contributed by atoms with Gasteiger partial charge in [0.25, 0.3) is 4.51 Å². The van der Waals surface area contributed by atoms with Gasteiger partial charge in [-0.2, -0.15) is 0 Å². The molecule has 0 aliphatic rings. The number of thiocarbonyl (C=S) groups is 1. The first-order valence-corrected chi connectivity index (χ1v) is 9.27. The number of hydrogen-bond acceptors (Lipinski definition) is 3. The van der Waals surface area contributed by atoms with Gasteiger partial charge in [0.15, 0.2) is 0 Å². The average Bonchev–Trinajstić information content (AvgIpc) is 2.15. The second kappa shape index (κ2) is 5.04. The first-order valence-electron chi connectivity index (χ1n) is 5.48. The molecule has 0 fully saturated rings. The summed E-state index contributed by atoms with van der Waals surface area (Å²) in [6, 6.07) is 3.89. The van der Waals surface area contributed by atoms with Gasteiger partial charge in [-0.15, -0.1) is 0 Å². The summed E-state index contributed by atoms with van der Waals surface area (Å²) in [5.74, 6) is 0.451. The lowest BCUT2D eigenvalue weighted by Crippen LogP contribution is -2.49. The van der Waals surface area contributed by atoms with Gasteiger partial charge in [0.2, 0.25) is 5.88 Å². The van der Waals surface area contributed by atoms with Crippen molar-refractivity contribution in [3.63, 3.8) is 0 Å². The summed E-state index contributed by atoms with van der Waals surface area (Å²) in [6.07, 6.45) is 1.88. The van der Waals surface area contributed by atoms with Crippen LogP contribution >= 0.6 is 23.8 Å². The summed E-state index contributed by atoms with van der Waals surface area (Å²) < 4.78 is 5.04. The fourth-order valence-corrected chi connectivity index (χ4v) is 3.24. The standard InChI is InChI=1S/C12H18ClNOSSi/c1-12(2,3)17(4,5)9-6-7-10(14-8-9)15-11(13)16/h6-8H,1-5H3. The molecule has 0 bridgehead atoms. The highest BCUT2D eigenvalue weighted by Gasteiger charge is 2.36. The van der Waals surface area contributed by atoms with Crippen LogP contribution in [0.1, 0.15) is 20.8 Å². The van der Waals surface area contributed by atoms with Gasteiger partial charge < -0.3 is 4.74 Å². The number of halogens is 1. The maximum atomic E-state index is 5.49. The van der Waals surface area contributed by atoms with Gasteiger partial charge in [-0.05, 0) is 34.0 Å². The molecule has 0 atom stereocenters. The fraction of sp³-hybridized carbons (Fsp3) is 0.500. The van der Waals surface area contributed by atoms with E-state index in [4.69, 9.17) is 16.3 Å². The van der Waals surface area contributed by atoms with Crippen LogP contribution in [0.2, 0.25) is 18.1 Å². The average molecular weight is 288 g/mol. The molecule has 0 unspecified atom stereocenters. The third-order valence-electron chi connectivity index (χ3n) is 3.52. The molecule has 0 saturated heterocycles. The van der Waals surface area contributed by atoms with Crippen LogP contribution in [-0.2, 0) is 0 Å². The summed E-state index contributed by atoms with van der Waals surface area (Å²) in [7, 11) is -1.53. The van der Waals surface area contributed by atoms with Crippen molar-refractivity contribution in [3.05, 3.63) is 18.3 Å². The molecule has 2 nitrogen and oxygen atoms in total. The lowest BCUT2D eigenvalue weighted by Gasteiger charge is -2.37. The fourth-order valence-electron chi connectivity index (χ4n) is 1.33. The Hall–Kier alpha value is -0.453. The first-order chi connectivity index (χ1) is 7.64. The molecule has 0 amide bonds. The van der Waals surface area contributed by atoms with Crippen molar-refractivity contribution in [2.75, 3.05) is 0 Å². The monoisotopic (exact) mass is 287 g/mol. The van der Waals surface area contributed by atoms with Gasteiger partial charge in [0.1, 0.15) is 0 Å². The summed E-state index contributed by atoms with van der Waals surface area (Å²) in [4.78, 5) is 4.24. The zero-order chi connectivity index (χ0) is 13.3. The largest absolute Gasteiger partial charge is 0.417 e. The third-order valence-corrected chi connectivity index (χ3v) is 9.17. The van der Waals surface area contributed by atoms with Crippen LogP contribution in [0, 0.1) is 0 Å². The smallest absolute Gasteiger partial charge is 0.262 e. The molecule has 0 saturated carbocycles. The van der Waals surface area contributed by atoms with Gasteiger partial charge in [-0.25, -0.2) is 4.98 Å². The van der Waals surface area contributed by atoms with Crippen molar-refractivity contribution < 1.29 is 4.74 Å². The van der Waals surface area contributed by atoms with E-state index >= 15 is 0 Å². The topological polar surface area (TPSA) is 22.1 Å². The normalized spacial score (nSPS) is 12.4. The summed E-state index contributed by atoms with van der Waals surface area (Å²) in [5, 5.41) is 1.59. The Morgan fingerprint density at radius 3 is 2.29 bits per heavy atom.